The minimum atomic E-state index is 1.08. The molecule has 5 nitrogen and oxygen atoms in total. The van der Waals surface area contributed by atoms with Crippen molar-refractivity contribution in [2.24, 2.45) is 0 Å². The molecule has 1 N–H and O–H groups in total. The van der Waals surface area contributed by atoms with E-state index >= 15 is 0 Å². The first-order chi connectivity index (χ1) is 42.7. The molecule has 13 aromatic carbocycles. The first kappa shape index (κ1) is 54.3. The number of para-hydroxylation sites is 7. The summed E-state index contributed by atoms with van der Waals surface area (Å²) in [6.07, 6.45) is 0. The van der Waals surface area contributed by atoms with Crippen LogP contribution in [0.5, 0.6) is 0 Å². The lowest BCUT2D eigenvalue weighted by atomic mass is 10.0. The van der Waals surface area contributed by atoms with Gasteiger partial charge in [-0.05, 0) is 175 Å². The molecule has 0 saturated carbocycles. The number of hydrogen-bond donors (Lipinski definition) is 1. The number of rotatable bonds is 13. The molecule has 0 unspecified atom stereocenters. The molecule has 0 amide bonds. The molecule has 86 heavy (non-hydrogen) atoms. The molecule has 2 aromatic heterocycles. The maximum atomic E-state index is 3.30. The monoisotopic (exact) mass is 1130 g/mol. The molecule has 0 spiro atoms. The van der Waals surface area contributed by atoms with Gasteiger partial charge >= 0.3 is 0 Å². The van der Waals surface area contributed by atoms with E-state index in [9.17, 15) is 0 Å². The predicted octanol–water partition coefficient (Wildman–Crippen LogP) is 23.7. The summed E-state index contributed by atoms with van der Waals surface area (Å²) in [6.45, 7) is 4.00. The van der Waals surface area contributed by atoms with Gasteiger partial charge in [-0.3, -0.25) is 0 Å². The van der Waals surface area contributed by atoms with E-state index in [1.165, 1.54) is 42.1 Å². The van der Waals surface area contributed by atoms with E-state index in [2.05, 4.69) is 304 Å². The fourth-order valence-corrected chi connectivity index (χ4v) is 12.5. The standard InChI is InChI=1S/C66H46N4S.C12H11N.C2H6/c1-7-20-47(21-8-1)48-22-19-33-54(42-48)68(51-27-13-4-14-28-51)58-34-38-59-60-43-55(35-39-63(60)70(64(59)46-58)53-31-17-6-18-32-53)69(52-29-15-5-16-30-52)57-37-41-66-62(45-57)61-44-56(36-40-65(61)71-66)67(49-23-9-2-10-24-49)50-25-11-3-12-26-50;1-3-7-11(8-4-1)13-12-9-5-2-6-10-12;1-2/h1-46H;1-10,13H;1-2H3. The van der Waals surface area contributed by atoms with Crippen molar-refractivity contribution in [1.29, 1.82) is 0 Å². The highest BCUT2D eigenvalue weighted by atomic mass is 32.1. The number of nitrogens with zero attached hydrogens (tertiary/aromatic N) is 4. The Morgan fingerprint density at radius 1 is 0.256 bits per heavy atom. The van der Waals surface area contributed by atoms with Crippen LogP contribution >= 0.6 is 11.3 Å². The van der Waals surface area contributed by atoms with Crippen molar-refractivity contribution >= 4 is 116 Å². The Labute approximate surface area is 507 Å². The minimum absolute atomic E-state index is 1.08. The maximum Gasteiger partial charge on any atom is 0.0561 e. The van der Waals surface area contributed by atoms with Crippen molar-refractivity contribution in [3.05, 3.63) is 340 Å². The number of benzene rings is 13. The molecule has 0 fully saturated rings. The quantitative estimate of drug-likeness (QED) is 0.124. The average Bonchev–Trinajstić information content (AvgIpc) is 1.88. The Bertz CT molecular complexity index is 4600. The van der Waals surface area contributed by atoms with E-state index < -0.39 is 0 Å². The highest BCUT2D eigenvalue weighted by Crippen LogP contribution is 2.46. The molecular formula is C80H63N5S. The summed E-state index contributed by atoms with van der Waals surface area (Å²) in [7, 11) is 0. The van der Waals surface area contributed by atoms with Gasteiger partial charge < -0.3 is 24.6 Å². The van der Waals surface area contributed by atoms with Crippen LogP contribution in [-0.2, 0) is 0 Å². The molecule has 6 heteroatoms. The largest absolute Gasteiger partial charge is 0.356 e. The van der Waals surface area contributed by atoms with E-state index in [1.54, 1.807) is 0 Å². The number of aromatic nitrogens is 1. The van der Waals surface area contributed by atoms with Crippen LogP contribution in [0.1, 0.15) is 13.8 Å². The van der Waals surface area contributed by atoms with E-state index in [-0.39, 0.29) is 0 Å². The summed E-state index contributed by atoms with van der Waals surface area (Å²) in [5.41, 5.74) is 17.9. The summed E-state index contributed by atoms with van der Waals surface area (Å²) in [5.74, 6) is 0. The predicted molar refractivity (Wildman–Crippen MR) is 371 cm³/mol. The highest BCUT2D eigenvalue weighted by Gasteiger charge is 2.22. The van der Waals surface area contributed by atoms with Crippen molar-refractivity contribution in [2.75, 3.05) is 20.0 Å². The van der Waals surface area contributed by atoms with Crippen LogP contribution in [-0.4, -0.2) is 4.57 Å². The van der Waals surface area contributed by atoms with Gasteiger partial charge in [-0.25, -0.2) is 0 Å². The molecule has 2 heterocycles. The van der Waals surface area contributed by atoms with Crippen molar-refractivity contribution in [3.63, 3.8) is 0 Å². The minimum Gasteiger partial charge on any atom is -0.356 e. The zero-order valence-electron chi connectivity index (χ0n) is 48.0. The zero-order valence-corrected chi connectivity index (χ0v) is 48.8. The van der Waals surface area contributed by atoms with E-state index in [0.717, 1.165) is 79.3 Å². The van der Waals surface area contributed by atoms with Crippen molar-refractivity contribution < 1.29 is 0 Å². The zero-order chi connectivity index (χ0) is 58.0. The summed E-state index contributed by atoms with van der Waals surface area (Å²) >= 11 is 1.85. The van der Waals surface area contributed by atoms with Crippen LogP contribution in [0.3, 0.4) is 0 Å². The van der Waals surface area contributed by atoms with Crippen LogP contribution in [0.25, 0.3) is 58.8 Å². The Morgan fingerprint density at radius 2 is 0.605 bits per heavy atom. The van der Waals surface area contributed by atoms with Gasteiger partial charge in [0.15, 0.2) is 0 Å². The van der Waals surface area contributed by atoms with Gasteiger partial charge in [0.25, 0.3) is 0 Å². The molecular weight excluding hydrogens is 1060 g/mol. The first-order valence-corrected chi connectivity index (χ1v) is 30.2. The van der Waals surface area contributed by atoms with Gasteiger partial charge in [0.05, 0.1) is 11.0 Å². The van der Waals surface area contributed by atoms with Gasteiger partial charge in [0.2, 0.25) is 0 Å². The lowest BCUT2D eigenvalue weighted by molar-refractivity contribution is 1.17. The molecule has 0 radical (unpaired) electrons. The van der Waals surface area contributed by atoms with Gasteiger partial charge in [-0.1, -0.05) is 190 Å². The molecule has 15 aromatic rings. The number of hydrogen-bond acceptors (Lipinski definition) is 5. The number of anilines is 11. The van der Waals surface area contributed by atoms with Gasteiger partial charge in [-0.15, -0.1) is 11.3 Å². The molecule has 0 bridgehead atoms. The fraction of sp³-hybridized carbons (Fsp3) is 0.0250. The lowest BCUT2D eigenvalue weighted by Crippen LogP contribution is -2.10. The Hall–Kier alpha value is -10.9. The second kappa shape index (κ2) is 25.3. The molecule has 414 valence electrons. The Balaban J connectivity index is 0.000000402. The van der Waals surface area contributed by atoms with Gasteiger partial charge in [0, 0.05) is 99.2 Å². The number of thiophene rings is 1. The van der Waals surface area contributed by atoms with Crippen LogP contribution in [0, 0.1) is 0 Å². The molecule has 0 aliphatic heterocycles. The molecule has 0 saturated heterocycles. The topological polar surface area (TPSA) is 26.7 Å². The SMILES string of the molecule is CC.c1ccc(-c2cccc(N(c3ccccc3)c3ccc4c5cc(N(c6ccccc6)c6ccc7sc8ccc(N(c9ccccc9)c9ccccc9)cc8c7c6)ccc5n(-c5ccccc5)c4c3)c2)cc1.c1ccc(Nc2ccccc2)cc1. The third kappa shape index (κ3) is 11.3. The Morgan fingerprint density at radius 3 is 1.08 bits per heavy atom. The lowest BCUT2D eigenvalue weighted by Gasteiger charge is -2.26. The van der Waals surface area contributed by atoms with Crippen LogP contribution in [0.4, 0.5) is 62.6 Å². The second-order valence-corrected chi connectivity index (χ2v) is 21.7. The normalized spacial score (nSPS) is 10.9. The van der Waals surface area contributed by atoms with Gasteiger partial charge in [0.1, 0.15) is 0 Å². The number of fused-ring (bicyclic) bond motifs is 6. The van der Waals surface area contributed by atoms with E-state index in [0.29, 0.717) is 0 Å². The third-order valence-corrected chi connectivity index (χ3v) is 16.5. The van der Waals surface area contributed by atoms with Crippen molar-refractivity contribution in [1.82, 2.24) is 4.57 Å². The van der Waals surface area contributed by atoms with E-state index in [1.807, 2.05) is 85.8 Å². The van der Waals surface area contributed by atoms with Crippen LogP contribution < -0.4 is 20.0 Å². The molecule has 0 atom stereocenters. The fourth-order valence-electron chi connectivity index (χ4n) is 11.5. The number of nitrogens with one attached hydrogen (secondary N) is 1. The summed E-state index contributed by atoms with van der Waals surface area (Å²) in [6, 6.07) is 121. The van der Waals surface area contributed by atoms with E-state index in [4.69, 9.17) is 0 Å². The first-order valence-electron chi connectivity index (χ1n) is 29.4. The van der Waals surface area contributed by atoms with Crippen LogP contribution in [0.15, 0.2) is 340 Å². The van der Waals surface area contributed by atoms with Crippen molar-refractivity contribution in [2.45, 2.75) is 13.8 Å². The second-order valence-electron chi connectivity index (χ2n) is 20.7. The molecule has 15 rings (SSSR count). The van der Waals surface area contributed by atoms with Gasteiger partial charge in [-0.2, -0.15) is 0 Å². The Kier molecular flexibility index (Phi) is 16.0. The molecule has 0 aliphatic carbocycles. The third-order valence-electron chi connectivity index (χ3n) is 15.3. The van der Waals surface area contributed by atoms with Crippen molar-refractivity contribution in [3.8, 4) is 16.8 Å². The average molecular weight is 1130 g/mol. The summed E-state index contributed by atoms with van der Waals surface area (Å²) < 4.78 is 4.94. The molecule has 0 aliphatic rings. The summed E-state index contributed by atoms with van der Waals surface area (Å²) in [5, 5.41) is 8.14. The highest BCUT2D eigenvalue weighted by molar-refractivity contribution is 7.25. The maximum absolute atomic E-state index is 3.30. The smallest absolute Gasteiger partial charge is 0.0561 e. The summed E-state index contributed by atoms with van der Waals surface area (Å²) in [4.78, 5) is 7.12. The van der Waals surface area contributed by atoms with Crippen LogP contribution in [0.2, 0.25) is 0 Å².